The molecule has 1 amide bonds. The molecule has 6 nitrogen and oxygen atoms in total. The van der Waals surface area contributed by atoms with E-state index in [1.807, 2.05) is 44.7 Å². The van der Waals surface area contributed by atoms with Crippen LogP contribution in [-0.2, 0) is 20.2 Å². The van der Waals surface area contributed by atoms with Gasteiger partial charge in [0.15, 0.2) is 0 Å². The number of benzene rings is 1. The molecule has 0 aliphatic carbocycles. The minimum atomic E-state index is -3.56. The van der Waals surface area contributed by atoms with E-state index in [0.29, 0.717) is 37.6 Å². The highest BCUT2D eigenvalue weighted by Gasteiger charge is 2.33. The molecule has 1 aromatic rings. The van der Waals surface area contributed by atoms with E-state index in [0.717, 1.165) is 16.7 Å². The number of carbonyl (C=O) groups is 1. The third-order valence-electron chi connectivity index (χ3n) is 5.48. The van der Waals surface area contributed by atoms with Crippen molar-refractivity contribution >= 4 is 15.9 Å². The first-order valence-corrected chi connectivity index (χ1v) is 11.5. The number of nitrogens with zero attached hydrogens (tertiary/aromatic N) is 2. The first-order valence-electron chi connectivity index (χ1n) is 10.0. The number of hydrogen-bond acceptors (Lipinski definition) is 4. The van der Waals surface area contributed by atoms with Gasteiger partial charge in [0.1, 0.15) is 0 Å². The Balaban J connectivity index is 2.20. The Labute approximate surface area is 170 Å². The molecule has 0 spiro atoms. The lowest BCUT2D eigenvalue weighted by Crippen LogP contribution is -2.55. The maximum absolute atomic E-state index is 13.3. The van der Waals surface area contributed by atoms with Crippen molar-refractivity contribution in [2.75, 3.05) is 32.7 Å². The second kappa shape index (κ2) is 8.51. The molecule has 158 valence electrons. The lowest BCUT2D eigenvalue weighted by molar-refractivity contribution is -0.126. The highest BCUT2D eigenvalue weighted by Crippen LogP contribution is 2.31. The van der Waals surface area contributed by atoms with Gasteiger partial charge < -0.3 is 5.32 Å². The van der Waals surface area contributed by atoms with Gasteiger partial charge in [-0.2, -0.15) is 4.31 Å². The lowest BCUT2D eigenvalue weighted by Gasteiger charge is -2.37. The minimum Gasteiger partial charge on any atom is -0.355 e. The fourth-order valence-electron chi connectivity index (χ4n) is 3.74. The topological polar surface area (TPSA) is 69.7 Å². The molecule has 0 unspecified atom stereocenters. The van der Waals surface area contributed by atoms with Crippen LogP contribution in [0.5, 0.6) is 0 Å². The number of nitrogens with one attached hydrogen (secondary N) is 1. The van der Waals surface area contributed by atoms with Gasteiger partial charge >= 0.3 is 0 Å². The number of rotatable bonds is 5. The van der Waals surface area contributed by atoms with Crippen molar-refractivity contribution in [1.29, 1.82) is 0 Å². The number of likely N-dealkylation sites (N-methyl/N-ethyl adjacent to an activating group) is 1. The van der Waals surface area contributed by atoms with Crippen LogP contribution in [0.1, 0.15) is 51.3 Å². The van der Waals surface area contributed by atoms with Crippen LogP contribution in [0.2, 0.25) is 0 Å². The molecule has 0 saturated carbocycles. The van der Waals surface area contributed by atoms with Crippen molar-refractivity contribution in [3.63, 3.8) is 0 Å². The van der Waals surface area contributed by atoms with Crippen molar-refractivity contribution in [2.24, 2.45) is 0 Å². The molecule has 1 saturated heterocycles. The Morgan fingerprint density at radius 2 is 1.61 bits per heavy atom. The number of amides is 1. The second-order valence-electron chi connectivity index (χ2n) is 8.70. The van der Waals surface area contributed by atoms with Crippen LogP contribution in [0.3, 0.4) is 0 Å². The largest absolute Gasteiger partial charge is 0.355 e. The molecule has 1 aliphatic heterocycles. The normalized spacial score (nSPS) is 18.1. The molecule has 1 aromatic carbocycles. The van der Waals surface area contributed by atoms with Gasteiger partial charge in [-0.1, -0.05) is 32.9 Å². The Hall–Kier alpha value is -1.44. The molecule has 28 heavy (non-hydrogen) atoms. The van der Waals surface area contributed by atoms with Gasteiger partial charge in [0.25, 0.3) is 0 Å². The predicted octanol–water partition coefficient (Wildman–Crippen LogP) is 2.43. The molecular formula is C21H35N3O3S. The molecule has 1 atom stereocenters. The fourth-order valence-corrected chi connectivity index (χ4v) is 5.57. The molecule has 1 N–H and O–H groups in total. The maximum Gasteiger partial charge on any atom is 0.243 e. The van der Waals surface area contributed by atoms with E-state index in [9.17, 15) is 13.2 Å². The smallest absolute Gasteiger partial charge is 0.243 e. The van der Waals surface area contributed by atoms with Gasteiger partial charge in [0.05, 0.1) is 10.9 Å². The van der Waals surface area contributed by atoms with E-state index < -0.39 is 10.0 Å². The van der Waals surface area contributed by atoms with E-state index in [1.165, 1.54) is 0 Å². The van der Waals surface area contributed by atoms with Crippen LogP contribution in [0, 0.1) is 13.8 Å². The number of piperazine rings is 1. The standard InChI is InChI=1S/C21H35N3O3S/c1-8-22-20(25)17(4)23-9-11-24(12-10-23)28(26,27)19-15(2)13-18(14-16(19)3)21(5,6)7/h13-14,17H,8-12H2,1-7H3,(H,22,25)/t17-/m0/s1. The predicted molar refractivity (Wildman–Crippen MR) is 113 cm³/mol. The number of aryl methyl sites for hydroxylation is 2. The Bertz CT molecular complexity index is 797. The van der Waals surface area contributed by atoms with Crippen molar-refractivity contribution in [1.82, 2.24) is 14.5 Å². The second-order valence-corrected chi connectivity index (χ2v) is 10.6. The van der Waals surface area contributed by atoms with Gasteiger partial charge in [0.2, 0.25) is 15.9 Å². The zero-order chi connectivity index (χ0) is 21.3. The van der Waals surface area contributed by atoms with Gasteiger partial charge in [0, 0.05) is 32.7 Å². The molecule has 0 bridgehead atoms. The Morgan fingerprint density at radius 3 is 2.04 bits per heavy atom. The van der Waals surface area contributed by atoms with E-state index in [1.54, 1.807) is 4.31 Å². The average Bonchev–Trinajstić information content (AvgIpc) is 2.59. The van der Waals surface area contributed by atoms with E-state index >= 15 is 0 Å². The van der Waals surface area contributed by atoms with E-state index in [4.69, 9.17) is 0 Å². The number of hydrogen-bond donors (Lipinski definition) is 1. The van der Waals surface area contributed by atoms with Crippen LogP contribution < -0.4 is 5.32 Å². The summed E-state index contributed by atoms with van der Waals surface area (Å²) in [7, 11) is -3.56. The summed E-state index contributed by atoms with van der Waals surface area (Å²) in [6, 6.07) is 3.74. The van der Waals surface area contributed by atoms with Gasteiger partial charge in [-0.3, -0.25) is 9.69 Å². The van der Waals surface area contributed by atoms with Crippen molar-refractivity contribution in [2.45, 2.75) is 64.8 Å². The van der Waals surface area contributed by atoms with Gasteiger partial charge in [-0.05, 0) is 49.8 Å². The number of sulfonamides is 1. The van der Waals surface area contributed by atoms with Crippen LogP contribution in [0.15, 0.2) is 17.0 Å². The zero-order valence-electron chi connectivity index (χ0n) is 18.3. The lowest BCUT2D eigenvalue weighted by atomic mass is 9.85. The van der Waals surface area contributed by atoms with E-state index in [-0.39, 0.29) is 17.4 Å². The third-order valence-corrected chi connectivity index (χ3v) is 7.68. The SMILES string of the molecule is CCNC(=O)[C@H](C)N1CCN(S(=O)(=O)c2c(C)cc(C(C)(C)C)cc2C)CC1. The van der Waals surface area contributed by atoms with Crippen LogP contribution in [0.25, 0.3) is 0 Å². The van der Waals surface area contributed by atoms with Gasteiger partial charge in [-0.15, -0.1) is 0 Å². The van der Waals surface area contributed by atoms with Crippen LogP contribution >= 0.6 is 0 Å². The summed E-state index contributed by atoms with van der Waals surface area (Å²) in [6.07, 6.45) is 0. The first-order chi connectivity index (χ1) is 12.9. The first kappa shape index (κ1) is 22.8. The summed E-state index contributed by atoms with van der Waals surface area (Å²) >= 11 is 0. The molecular weight excluding hydrogens is 374 g/mol. The fraction of sp³-hybridized carbons (Fsp3) is 0.667. The van der Waals surface area contributed by atoms with Gasteiger partial charge in [-0.25, -0.2) is 8.42 Å². The maximum atomic E-state index is 13.3. The molecule has 1 aliphatic rings. The molecule has 0 radical (unpaired) electrons. The summed E-state index contributed by atoms with van der Waals surface area (Å²) in [5.74, 6) is -0.0109. The quantitative estimate of drug-likeness (QED) is 0.811. The molecule has 1 fully saturated rings. The number of carbonyl (C=O) groups excluding carboxylic acids is 1. The summed E-state index contributed by atoms with van der Waals surface area (Å²) in [6.45, 7) is 16.4. The summed E-state index contributed by atoms with van der Waals surface area (Å²) < 4.78 is 28.2. The third kappa shape index (κ3) is 4.75. The molecule has 1 heterocycles. The van der Waals surface area contributed by atoms with E-state index in [2.05, 4.69) is 26.1 Å². The molecule has 0 aromatic heterocycles. The molecule has 7 heteroatoms. The summed E-state index contributed by atoms with van der Waals surface area (Å²) in [5.41, 5.74) is 2.70. The Morgan fingerprint density at radius 1 is 1.11 bits per heavy atom. The average molecular weight is 410 g/mol. The minimum absolute atomic E-state index is 0.0109. The Kier molecular flexibility index (Phi) is 6.94. The highest BCUT2D eigenvalue weighted by atomic mass is 32.2. The monoisotopic (exact) mass is 409 g/mol. The van der Waals surface area contributed by atoms with Crippen LogP contribution in [-0.4, -0.2) is 62.3 Å². The summed E-state index contributed by atoms with van der Waals surface area (Å²) in [5, 5.41) is 2.83. The molecule has 2 rings (SSSR count). The van der Waals surface area contributed by atoms with Crippen LogP contribution in [0.4, 0.5) is 0 Å². The van der Waals surface area contributed by atoms with Crippen molar-refractivity contribution in [3.8, 4) is 0 Å². The summed E-state index contributed by atoms with van der Waals surface area (Å²) in [4.78, 5) is 14.5. The zero-order valence-corrected chi connectivity index (χ0v) is 19.1. The highest BCUT2D eigenvalue weighted by molar-refractivity contribution is 7.89. The van der Waals surface area contributed by atoms with Crippen molar-refractivity contribution in [3.05, 3.63) is 28.8 Å². The van der Waals surface area contributed by atoms with Crippen molar-refractivity contribution < 1.29 is 13.2 Å².